The van der Waals surface area contributed by atoms with E-state index in [2.05, 4.69) is 83.7 Å². The summed E-state index contributed by atoms with van der Waals surface area (Å²) in [6, 6.07) is 29.4. The zero-order valence-electron chi connectivity index (χ0n) is 25.0. The number of benzene rings is 2. The van der Waals surface area contributed by atoms with Crippen molar-refractivity contribution in [2.24, 2.45) is 10.9 Å². The van der Waals surface area contributed by atoms with Gasteiger partial charge in [-0.3, -0.25) is 15.0 Å². The minimum Gasteiger partial charge on any atom is -0.267 e. The highest BCUT2D eigenvalue weighted by atomic mass is 32.1. The van der Waals surface area contributed by atoms with Crippen LogP contribution >= 0.6 is 11.3 Å². The Morgan fingerprint density at radius 1 is 0.891 bits per heavy atom. The first-order valence-electron chi connectivity index (χ1n) is 15.1. The number of aliphatic imine (C=N–C) groups is 1. The van der Waals surface area contributed by atoms with Gasteiger partial charge in [-0.2, -0.15) is 10.5 Å². The predicted molar refractivity (Wildman–Crippen MR) is 185 cm³/mol. The molecule has 218 valence electrons. The molecule has 6 nitrogen and oxygen atoms in total. The van der Waals surface area contributed by atoms with Gasteiger partial charge in [0, 0.05) is 56.3 Å². The molecule has 5 heterocycles. The molecule has 2 atom stereocenters. The summed E-state index contributed by atoms with van der Waals surface area (Å²) in [5, 5.41) is 22.4. The van der Waals surface area contributed by atoms with Crippen molar-refractivity contribution in [2.75, 3.05) is 0 Å². The molecule has 0 N–H and O–H groups in total. The Hall–Kier alpha value is -5.76. The molecule has 2 unspecified atom stereocenters. The lowest BCUT2D eigenvalue weighted by Gasteiger charge is -2.29. The van der Waals surface area contributed by atoms with Crippen LogP contribution < -0.4 is 0 Å². The highest BCUT2D eigenvalue weighted by Crippen LogP contribution is 2.46. The predicted octanol–water partition coefficient (Wildman–Crippen LogP) is 8.93. The zero-order chi connectivity index (χ0) is 31.3. The van der Waals surface area contributed by atoms with E-state index in [9.17, 15) is 10.5 Å². The average molecular weight is 611 g/mol. The Morgan fingerprint density at radius 3 is 2.59 bits per heavy atom. The van der Waals surface area contributed by atoms with E-state index in [0.29, 0.717) is 12.0 Å². The first kappa shape index (κ1) is 27.8. The van der Waals surface area contributed by atoms with Gasteiger partial charge >= 0.3 is 0 Å². The number of thiophene rings is 1. The second kappa shape index (κ2) is 11.0. The summed E-state index contributed by atoms with van der Waals surface area (Å²) in [7, 11) is 0. The van der Waals surface area contributed by atoms with Crippen molar-refractivity contribution in [3.05, 3.63) is 125 Å². The summed E-state index contributed by atoms with van der Waals surface area (Å²) in [4.78, 5) is 20.0. The van der Waals surface area contributed by atoms with E-state index in [1.807, 2.05) is 47.9 Å². The van der Waals surface area contributed by atoms with Crippen LogP contribution in [-0.4, -0.2) is 21.2 Å². The molecule has 0 fully saturated rings. The fourth-order valence-corrected chi connectivity index (χ4v) is 7.95. The fourth-order valence-electron chi connectivity index (χ4n) is 6.54. The topological polar surface area (TPSA) is 98.6 Å². The van der Waals surface area contributed by atoms with Gasteiger partial charge in [-0.15, -0.1) is 11.3 Å². The smallest absolute Gasteiger partial charge is 0.101 e. The van der Waals surface area contributed by atoms with Gasteiger partial charge in [0.25, 0.3) is 0 Å². The number of fused-ring (bicyclic) bond motifs is 5. The van der Waals surface area contributed by atoms with Crippen molar-refractivity contribution in [1.29, 1.82) is 10.5 Å². The van der Waals surface area contributed by atoms with E-state index in [1.54, 1.807) is 18.6 Å². The Balaban J connectivity index is 1.20. The largest absolute Gasteiger partial charge is 0.267 e. The molecule has 0 bridgehead atoms. The molecule has 0 amide bonds. The summed E-state index contributed by atoms with van der Waals surface area (Å²) in [6.07, 6.45) is 12.9. The maximum absolute atomic E-state index is 9.44. The summed E-state index contributed by atoms with van der Waals surface area (Å²) < 4.78 is 1.23. The second-order valence-electron chi connectivity index (χ2n) is 12.0. The van der Waals surface area contributed by atoms with Gasteiger partial charge in [-0.05, 0) is 71.1 Å². The van der Waals surface area contributed by atoms with E-state index >= 15 is 0 Å². The van der Waals surface area contributed by atoms with Gasteiger partial charge in [0.2, 0.25) is 0 Å². The average Bonchev–Trinajstić information content (AvgIpc) is 3.49. The molecule has 1 aliphatic heterocycles. The number of allylic oxidation sites excluding steroid dienone is 2. The number of hydrogen-bond acceptors (Lipinski definition) is 7. The highest BCUT2D eigenvalue weighted by molar-refractivity contribution is 7.19. The molecule has 2 aromatic carbocycles. The van der Waals surface area contributed by atoms with Crippen molar-refractivity contribution in [3.8, 4) is 34.7 Å². The molecule has 2 aliphatic rings. The summed E-state index contributed by atoms with van der Waals surface area (Å²) in [5.74, 6) is -0.233. The molecule has 7 heteroatoms. The molecule has 46 heavy (non-hydrogen) atoms. The third-order valence-corrected chi connectivity index (χ3v) is 10.1. The Morgan fingerprint density at radius 2 is 1.72 bits per heavy atom. The van der Waals surface area contributed by atoms with Gasteiger partial charge in [0.1, 0.15) is 6.07 Å². The quantitative estimate of drug-likeness (QED) is 0.198. The minimum absolute atomic E-state index is 0.233. The number of rotatable bonds is 4. The highest BCUT2D eigenvalue weighted by Gasteiger charge is 2.32. The molecule has 6 aromatic rings. The third kappa shape index (κ3) is 4.70. The van der Waals surface area contributed by atoms with Gasteiger partial charge in [-0.25, -0.2) is 4.98 Å². The van der Waals surface area contributed by atoms with Crippen LogP contribution in [-0.2, 0) is 11.8 Å². The van der Waals surface area contributed by atoms with Gasteiger partial charge in [0.15, 0.2) is 0 Å². The normalized spacial score (nSPS) is 18.6. The van der Waals surface area contributed by atoms with Crippen molar-refractivity contribution in [2.45, 2.75) is 25.2 Å². The van der Waals surface area contributed by atoms with Crippen molar-refractivity contribution < 1.29 is 0 Å². The van der Waals surface area contributed by atoms with E-state index in [-0.39, 0.29) is 11.3 Å². The SMILES string of the molecule is CC1(c2cccc(-c3cncc(C#N)c3)n2)C=Cc2c(sc3cc(-c4cccc(C5=CN=CC(C#N)C5)n4)c4ccccc4c23)C1. The monoisotopic (exact) mass is 610 g/mol. The number of aromatic nitrogens is 3. The third-order valence-electron chi connectivity index (χ3n) is 8.91. The molecule has 4 aromatic heterocycles. The maximum atomic E-state index is 9.44. The van der Waals surface area contributed by atoms with E-state index in [1.165, 1.54) is 25.9 Å². The van der Waals surface area contributed by atoms with Crippen LogP contribution in [0.25, 0.3) is 55.0 Å². The Labute approximate surface area is 270 Å². The van der Waals surface area contributed by atoms with Crippen molar-refractivity contribution in [3.63, 3.8) is 0 Å². The second-order valence-corrected chi connectivity index (χ2v) is 13.1. The van der Waals surface area contributed by atoms with Crippen LogP contribution in [0.15, 0.2) is 102 Å². The maximum Gasteiger partial charge on any atom is 0.101 e. The lowest BCUT2D eigenvalue weighted by molar-refractivity contribution is 0.574. The van der Waals surface area contributed by atoms with E-state index in [4.69, 9.17) is 9.97 Å². The standard InChI is InChI=1S/C39H26N6S/c1-39(37-11-5-9-33(45-37)27-15-25(19-41)21-43-23-27)13-12-30-36(17-39)46-35-16-31(28-6-2-3-7-29(28)38(30)35)34-10-4-8-32(44-34)26-14-24(18-40)20-42-22-26/h2-13,15-16,20-24H,14,17H2,1H3. The van der Waals surface area contributed by atoms with Crippen LogP contribution in [0.2, 0.25) is 0 Å². The van der Waals surface area contributed by atoms with Crippen molar-refractivity contribution in [1.82, 2.24) is 15.0 Å². The van der Waals surface area contributed by atoms with Crippen LogP contribution in [0, 0.1) is 28.6 Å². The van der Waals surface area contributed by atoms with E-state index in [0.717, 1.165) is 51.3 Å². The number of hydrogen-bond donors (Lipinski definition) is 0. The molecule has 0 saturated heterocycles. The lowest BCUT2D eigenvalue weighted by atomic mass is 9.77. The molecular weight excluding hydrogens is 585 g/mol. The van der Waals surface area contributed by atoms with Crippen LogP contribution in [0.3, 0.4) is 0 Å². The summed E-state index contributed by atoms with van der Waals surface area (Å²) >= 11 is 1.84. The van der Waals surface area contributed by atoms with Crippen LogP contribution in [0.1, 0.15) is 40.7 Å². The lowest BCUT2D eigenvalue weighted by Crippen LogP contribution is -2.25. The summed E-state index contributed by atoms with van der Waals surface area (Å²) in [6.45, 7) is 2.24. The first-order valence-corrected chi connectivity index (χ1v) is 15.9. The summed E-state index contributed by atoms with van der Waals surface area (Å²) in [5.41, 5.74) is 7.95. The first-order chi connectivity index (χ1) is 22.5. The fraction of sp³-hybridized carbons (Fsp3) is 0.128. The minimum atomic E-state index is -0.295. The van der Waals surface area contributed by atoms with Gasteiger partial charge < -0.3 is 0 Å². The zero-order valence-corrected chi connectivity index (χ0v) is 25.8. The molecular formula is C39H26N6S. The number of pyridine rings is 3. The van der Waals surface area contributed by atoms with Crippen LogP contribution in [0.4, 0.5) is 0 Å². The van der Waals surface area contributed by atoms with Gasteiger partial charge in [-0.1, -0.05) is 55.5 Å². The number of nitrogens with zero attached hydrogens (tertiary/aromatic N) is 6. The molecule has 0 saturated carbocycles. The molecule has 0 radical (unpaired) electrons. The number of nitriles is 2. The molecule has 1 aliphatic carbocycles. The molecule has 0 spiro atoms. The molecule has 8 rings (SSSR count). The van der Waals surface area contributed by atoms with E-state index < -0.39 is 0 Å². The Bertz CT molecular complexity index is 2380. The van der Waals surface area contributed by atoms with Gasteiger partial charge in [0.05, 0.1) is 40.3 Å². The van der Waals surface area contributed by atoms with Crippen LogP contribution in [0.5, 0.6) is 0 Å². The Kier molecular flexibility index (Phi) is 6.64. The van der Waals surface area contributed by atoms with Crippen molar-refractivity contribution >= 4 is 50.1 Å².